The van der Waals surface area contributed by atoms with Crippen LogP contribution in [0.1, 0.15) is 59.1 Å². The zero-order valence-corrected chi connectivity index (χ0v) is 24.9. The monoisotopic (exact) mass is 577 g/mol. The Morgan fingerprint density at radius 2 is 1.74 bits per heavy atom. The lowest BCUT2D eigenvalue weighted by atomic mass is 9.81. The fourth-order valence-electron chi connectivity index (χ4n) is 5.21. The summed E-state index contributed by atoms with van der Waals surface area (Å²) in [6.45, 7) is 5.09. The van der Waals surface area contributed by atoms with Crippen molar-refractivity contribution < 1.29 is 28.3 Å². The molecule has 1 aromatic carbocycles. The number of furan rings is 1. The van der Waals surface area contributed by atoms with Crippen molar-refractivity contribution >= 4 is 46.1 Å². The number of aryl methyl sites for hydroxylation is 1. The Morgan fingerprint density at radius 1 is 1.02 bits per heavy atom. The van der Waals surface area contributed by atoms with Gasteiger partial charge >= 0.3 is 0 Å². The molecule has 0 spiro atoms. The molecule has 3 aromatic rings. The largest absolute Gasteiger partial charge is 0.449 e. The molecule has 1 aliphatic carbocycles. The average Bonchev–Trinajstić information content (AvgIpc) is 3.35. The van der Waals surface area contributed by atoms with Crippen LogP contribution in [0.2, 0.25) is 0 Å². The summed E-state index contributed by atoms with van der Waals surface area (Å²) in [5.41, 5.74) is 1.88. The van der Waals surface area contributed by atoms with Crippen molar-refractivity contribution in [2.75, 3.05) is 51.5 Å². The number of amides is 4. The van der Waals surface area contributed by atoms with Crippen LogP contribution in [-0.2, 0) is 14.3 Å². The summed E-state index contributed by atoms with van der Waals surface area (Å²) in [6.07, 6.45) is 3.96. The molecule has 224 valence electrons. The molecule has 4 amide bonds. The number of nitrogens with zero attached hydrogens (tertiary/aromatic N) is 3. The highest BCUT2D eigenvalue weighted by molar-refractivity contribution is 6.15. The molecule has 2 N–H and O–H groups in total. The number of carbonyl (C=O) groups is 4. The number of hydrogen-bond acceptors (Lipinski definition) is 7. The third kappa shape index (κ3) is 6.96. The lowest BCUT2D eigenvalue weighted by Crippen LogP contribution is -2.35. The van der Waals surface area contributed by atoms with E-state index in [1.807, 2.05) is 19.9 Å². The van der Waals surface area contributed by atoms with E-state index in [0.717, 1.165) is 5.56 Å². The van der Waals surface area contributed by atoms with Crippen LogP contribution < -0.4 is 10.6 Å². The lowest BCUT2D eigenvalue weighted by Gasteiger charge is -2.28. The number of pyridine rings is 1. The summed E-state index contributed by atoms with van der Waals surface area (Å²) in [6, 6.07) is 8.41. The van der Waals surface area contributed by atoms with Crippen molar-refractivity contribution in [2.45, 2.75) is 39.5 Å². The molecular formula is C31H39N5O6. The molecule has 0 unspecified atom stereocenters. The molecule has 1 aliphatic rings. The quantitative estimate of drug-likeness (QED) is 0.366. The molecule has 0 bridgehead atoms. The molecule has 11 heteroatoms. The summed E-state index contributed by atoms with van der Waals surface area (Å²) in [5, 5.41) is 6.11. The number of carbonyl (C=O) groups excluding carboxylic acids is 4. The maximum atomic E-state index is 13.5. The highest BCUT2D eigenvalue weighted by atomic mass is 16.5. The van der Waals surface area contributed by atoms with Crippen molar-refractivity contribution in [3.05, 3.63) is 53.4 Å². The van der Waals surface area contributed by atoms with Gasteiger partial charge in [0.2, 0.25) is 17.6 Å². The Morgan fingerprint density at radius 3 is 2.36 bits per heavy atom. The maximum absolute atomic E-state index is 13.5. The number of ether oxygens (including phenoxy) is 1. The minimum atomic E-state index is -0.582. The van der Waals surface area contributed by atoms with E-state index in [0.29, 0.717) is 67.7 Å². The Bertz CT molecular complexity index is 1440. The molecule has 4 rings (SSSR count). The third-order valence-electron chi connectivity index (χ3n) is 7.66. The van der Waals surface area contributed by atoms with Gasteiger partial charge in [-0.15, -0.1) is 0 Å². The number of aromatic nitrogens is 1. The number of benzene rings is 1. The van der Waals surface area contributed by atoms with Crippen molar-refractivity contribution in [3.8, 4) is 0 Å². The van der Waals surface area contributed by atoms with Gasteiger partial charge in [-0.2, -0.15) is 0 Å². The number of rotatable bonds is 10. The Hall–Kier alpha value is -4.25. The third-order valence-corrected chi connectivity index (χ3v) is 7.66. The predicted molar refractivity (Wildman–Crippen MR) is 159 cm³/mol. The molecule has 1 saturated carbocycles. The van der Waals surface area contributed by atoms with Gasteiger partial charge in [0.25, 0.3) is 11.8 Å². The van der Waals surface area contributed by atoms with Crippen molar-refractivity contribution in [1.29, 1.82) is 0 Å². The van der Waals surface area contributed by atoms with E-state index in [2.05, 4.69) is 15.6 Å². The fourth-order valence-corrected chi connectivity index (χ4v) is 5.21. The van der Waals surface area contributed by atoms with Gasteiger partial charge in [0.15, 0.2) is 0 Å². The first-order chi connectivity index (χ1) is 20.1. The van der Waals surface area contributed by atoms with E-state index in [1.54, 1.807) is 61.5 Å². The second-order valence-corrected chi connectivity index (χ2v) is 10.8. The van der Waals surface area contributed by atoms with E-state index in [4.69, 9.17) is 9.15 Å². The van der Waals surface area contributed by atoms with Crippen molar-refractivity contribution in [3.63, 3.8) is 0 Å². The van der Waals surface area contributed by atoms with Crippen LogP contribution in [0.15, 0.2) is 40.9 Å². The van der Waals surface area contributed by atoms with Crippen molar-refractivity contribution in [2.24, 2.45) is 11.8 Å². The summed E-state index contributed by atoms with van der Waals surface area (Å²) in [5.74, 6) is -1.16. The van der Waals surface area contributed by atoms with Gasteiger partial charge in [-0.25, -0.2) is 4.98 Å². The molecule has 0 aliphatic heterocycles. The fraction of sp³-hybridized carbons (Fsp3) is 0.452. The predicted octanol–water partition coefficient (Wildman–Crippen LogP) is 4.33. The molecule has 0 radical (unpaired) electrons. The Balaban J connectivity index is 1.64. The number of likely N-dealkylation sites (N-methyl/N-ethyl adjacent to an activating group) is 1. The maximum Gasteiger partial charge on any atom is 0.294 e. The number of fused-ring (bicyclic) bond motifs is 1. The highest BCUT2D eigenvalue weighted by Gasteiger charge is 2.32. The molecule has 11 nitrogen and oxygen atoms in total. The summed E-state index contributed by atoms with van der Waals surface area (Å²) in [4.78, 5) is 60.1. The average molecular weight is 578 g/mol. The minimum Gasteiger partial charge on any atom is -0.449 e. The number of anilines is 2. The number of hydrogen-bond donors (Lipinski definition) is 2. The molecule has 0 atom stereocenters. The molecule has 0 saturated heterocycles. The van der Waals surface area contributed by atoms with Crippen LogP contribution in [-0.4, -0.2) is 79.3 Å². The van der Waals surface area contributed by atoms with E-state index in [-0.39, 0.29) is 41.0 Å². The minimum absolute atomic E-state index is 0.0715. The van der Waals surface area contributed by atoms with Crippen LogP contribution in [0.25, 0.3) is 11.0 Å². The van der Waals surface area contributed by atoms with Gasteiger partial charge in [-0.3, -0.25) is 19.2 Å². The van der Waals surface area contributed by atoms with Crippen LogP contribution in [0.5, 0.6) is 0 Å². The van der Waals surface area contributed by atoms with E-state index in [9.17, 15) is 19.2 Å². The van der Waals surface area contributed by atoms with Crippen LogP contribution in [0.3, 0.4) is 0 Å². The van der Waals surface area contributed by atoms with Gasteiger partial charge in [-0.05, 0) is 69.4 Å². The second kappa shape index (κ2) is 13.6. The summed E-state index contributed by atoms with van der Waals surface area (Å²) >= 11 is 0. The van der Waals surface area contributed by atoms with Crippen LogP contribution in [0.4, 0.5) is 11.5 Å². The second-order valence-electron chi connectivity index (χ2n) is 10.8. The highest BCUT2D eigenvalue weighted by Crippen LogP contribution is 2.35. The smallest absolute Gasteiger partial charge is 0.294 e. The molecule has 1 fully saturated rings. The molecular weight excluding hydrogens is 538 g/mol. The van der Waals surface area contributed by atoms with Crippen molar-refractivity contribution in [1.82, 2.24) is 14.8 Å². The Kier molecular flexibility index (Phi) is 9.95. The Labute approximate surface area is 245 Å². The zero-order valence-electron chi connectivity index (χ0n) is 24.9. The molecule has 2 aromatic heterocycles. The first-order valence-electron chi connectivity index (χ1n) is 14.2. The van der Waals surface area contributed by atoms with E-state index in [1.165, 1.54) is 0 Å². The topological polar surface area (TPSA) is 134 Å². The molecule has 42 heavy (non-hydrogen) atoms. The van der Waals surface area contributed by atoms with Gasteiger partial charge in [0.1, 0.15) is 17.1 Å². The summed E-state index contributed by atoms with van der Waals surface area (Å²) < 4.78 is 11.1. The first-order valence-corrected chi connectivity index (χ1v) is 14.2. The zero-order chi connectivity index (χ0) is 30.4. The van der Waals surface area contributed by atoms with Crippen LogP contribution >= 0.6 is 0 Å². The van der Waals surface area contributed by atoms with Crippen LogP contribution in [0, 0.1) is 18.8 Å². The lowest BCUT2D eigenvalue weighted by molar-refractivity contribution is -0.135. The molecule has 2 heterocycles. The number of nitrogens with one attached hydrogen (secondary N) is 2. The SMILES string of the molecule is CCN(CCOC)C(=O)c1ccc2oc(C(=O)Nc3ccc(C)cn3)c(NC(=O)[C@H]3CC[C@H](C(=O)N(C)C)CC3)c2c1. The van der Waals surface area contributed by atoms with Gasteiger partial charge in [-0.1, -0.05) is 6.07 Å². The number of methoxy groups -OCH3 is 1. The van der Waals surface area contributed by atoms with Gasteiger partial charge in [0.05, 0.1) is 6.61 Å². The standard InChI is InChI=1S/C31H39N5O6/c1-6-36(15-16-41-5)31(40)22-12-13-24-23(17-22)26(27(42-24)29(38)33-25-14-7-19(2)18-32-25)34-28(37)20-8-10-21(11-9-20)30(39)35(3)4/h7,12-14,17-18,20-21H,6,8-11,15-16H2,1-5H3,(H,34,37)(H,32,33,38)/t20-,21-. The normalized spacial score (nSPS) is 16.6. The van der Waals surface area contributed by atoms with E-state index >= 15 is 0 Å². The first kappa shape index (κ1) is 30.7. The van der Waals surface area contributed by atoms with E-state index < -0.39 is 5.91 Å². The van der Waals surface area contributed by atoms with Gasteiger partial charge in [0, 0.05) is 63.3 Å². The van der Waals surface area contributed by atoms with Gasteiger partial charge < -0.3 is 29.6 Å². The summed E-state index contributed by atoms with van der Waals surface area (Å²) in [7, 11) is 5.05.